The molecule has 2 heterocycles. The van der Waals surface area contributed by atoms with Gasteiger partial charge < -0.3 is 4.57 Å². The van der Waals surface area contributed by atoms with Crippen LogP contribution in [0.5, 0.6) is 0 Å². The zero-order valence-corrected chi connectivity index (χ0v) is 16.2. The van der Waals surface area contributed by atoms with Gasteiger partial charge in [0.2, 0.25) is 0 Å². The Bertz CT molecular complexity index is 866. The van der Waals surface area contributed by atoms with E-state index in [9.17, 15) is 0 Å². The van der Waals surface area contributed by atoms with Crippen molar-refractivity contribution in [3.05, 3.63) is 63.4 Å². The molecule has 2 aromatic heterocycles. The summed E-state index contributed by atoms with van der Waals surface area (Å²) in [6.45, 7) is 5.46. The molecule has 0 aliphatic rings. The number of halogens is 1. The van der Waals surface area contributed by atoms with Gasteiger partial charge in [-0.3, -0.25) is 4.98 Å². The van der Waals surface area contributed by atoms with Crippen molar-refractivity contribution in [2.45, 2.75) is 26.8 Å². The summed E-state index contributed by atoms with van der Waals surface area (Å²) in [6.07, 6.45) is 4.69. The summed E-state index contributed by atoms with van der Waals surface area (Å²) in [5, 5.41) is 2.19. The number of hydrogen-bond acceptors (Lipinski definition) is 3. The van der Waals surface area contributed by atoms with Crippen LogP contribution in [0, 0.1) is 5.92 Å². The van der Waals surface area contributed by atoms with Crippen LogP contribution < -0.4 is 4.80 Å². The summed E-state index contributed by atoms with van der Waals surface area (Å²) < 4.78 is 3.42. The predicted octanol–water partition coefficient (Wildman–Crippen LogP) is 5.65. The smallest absolute Gasteiger partial charge is 0.190 e. The Hall–Kier alpha value is -1.72. The van der Waals surface area contributed by atoms with Gasteiger partial charge in [0, 0.05) is 28.2 Å². The summed E-state index contributed by atoms with van der Waals surface area (Å²) in [5.74, 6) is 0.649. The molecule has 0 amide bonds. The van der Waals surface area contributed by atoms with E-state index in [1.165, 1.54) is 11.3 Å². The average molecular weight is 402 g/mol. The number of rotatable bonds is 5. The minimum Gasteiger partial charge on any atom is -0.316 e. The third kappa shape index (κ3) is 4.02. The molecular weight excluding hydrogens is 382 g/mol. The molecule has 0 N–H and O–H groups in total. The van der Waals surface area contributed by atoms with Gasteiger partial charge in [-0.05, 0) is 30.5 Å². The maximum Gasteiger partial charge on any atom is 0.190 e. The van der Waals surface area contributed by atoms with Crippen LogP contribution in [0.3, 0.4) is 0 Å². The lowest BCUT2D eigenvalue weighted by atomic mass is 10.1. The molecule has 1 aromatic carbocycles. The van der Waals surface area contributed by atoms with Gasteiger partial charge in [0.05, 0.1) is 17.6 Å². The fourth-order valence-corrected chi connectivity index (χ4v) is 3.87. The van der Waals surface area contributed by atoms with Crippen LogP contribution in [0.25, 0.3) is 11.3 Å². The highest BCUT2D eigenvalue weighted by molar-refractivity contribution is 9.10. The molecule has 0 bridgehead atoms. The normalized spacial score (nSPS) is 12.1. The summed E-state index contributed by atoms with van der Waals surface area (Å²) in [7, 11) is 0. The van der Waals surface area contributed by atoms with E-state index in [0.717, 1.165) is 27.9 Å². The van der Waals surface area contributed by atoms with Crippen LogP contribution in [0.1, 0.15) is 20.3 Å². The Kier molecular flexibility index (Phi) is 5.63. The van der Waals surface area contributed by atoms with Crippen molar-refractivity contribution in [1.82, 2.24) is 9.55 Å². The largest absolute Gasteiger partial charge is 0.316 e. The topological polar surface area (TPSA) is 30.2 Å². The van der Waals surface area contributed by atoms with Gasteiger partial charge in [0.15, 0.2) is 4.80 Å². The second-order valence-corrected chi connectivity index (χ2v) is 7.73. The average Bonchev–Trinajstić information content (AvgIpc) is 2.97. The van der Waals surface area contributed by atoms with Gasteiger partial charge in [-0.2, -0.15) is 0 Å². The van der Waals surface area contributed by atoms with Crippen molar-refractivity contribution in [2.24, 2.45) is 10.9 Å². The molecular formula is C19H20BrN3S. The van der Waals surface area contributed by atoms with E-state index in [1.807, 2.05) is 18.2 Å². The molecule has 3 nitrogen and oxygen atoms in total. The molecule has 0 aliphatic heterocycles. The van der Waals surface area contributed by atoms with Crippen LogP contribution in [-0.2, 0) is 6.54 Å². The van der Waals surface area contributed by atoms with Crippen LogP contribution in [0.4, 0.5) is 5.69 Å². The second-order valence-electron chi connectivity index (χ2n) is 6.04. The summed E-state index contributed by atoms with van der Waals surface area (Å²) in [6, 6.07) is 12.2. The monoisotopic (exact) mass is 401 g/mol. The van der Waals surface area contributed by atoms with Crippen LogP contribution in [0.2, 0.25) is 0 Å². The molecule has 0 fully saturated rings. The zero-order valence-electron chi connectivity index (χ0n) is 13.8. The van der Waals surface area contributed by atoms with E-state index in [2.05, 4.69) is 62.9 Å². The lowest BCUT2D eigenvalue weighted by Crippen LogP contribution is -2.17. The third-order valence-electron chi connectivity index (χ3n) is 3.75. The first-order valence-corrected chi connectivity index (χ1v) is 9.70. The molecule has 0 saturated carbocycles. The maximum absolute atomic E-state index is 4.80. The number of aromatic nitrogens is 2. The minimum absolute atomic E-state index is 0.649. The summed E-state index contributed by atoms with van der Waals surface area (Å²) >= 11 is 5.35. The Morgan fingerprint density at radius 3 is 2.75 bits per heavy atom. The molecule has 0 aliphatic carbocycles. The lowest BCUT2D eigenvalue weighted by Gasteiger charge is -2.12. The highest BCUT2D eigenvalue weighted by Crippen LogP contribution is 2.29. The van der Waals surface area contributed by atoms with Crippen LogP contribution in [0.15, 0.2) is 63.6 Å². The van der Waals surface area contributed by atoms with Gasteiger partial charge in [0.1, 0.15) is 0 Å². The van der Waals surface area contributed by atoms with Crippen LogP contribution >= 0.6 is 27.3 Å². The van der Waals surface area contributed by atoms with Gasteiger partial charge >= 0.3 is 0 Å². The van der Waals surface area contributed by atoms with Gasteiger partial charge in [0.25, 0.3) is 0 Å². The molecule has 0 atom stereocenters. The standard InChI is InChI=1S/C19H20BrN3S/c1-14(2)9-11-23-18(16-7-3-4-8-17(16)20)13-24-19(23)22-15-6-5-10-21-12-15/h3-8,10,12-14H,9,11H2,1-2H3. The van der Waals surface area contributed by atoms with Gasteiger partial charge in [-0.25, -0.2) is 4.99 Å². The SMILES string of the molecule is CC(C)CCn1c(-c2ccccc2Br)csc1=Nc1cccnc1. The number of hydrogen-bond donors (Lipinski definition) is 0. The summed E-state index contributed by atoms with van der Waals surface area (Å²) in [4.78, 5) is 9.97. The molecule has 5 heteroatoms. The third-order valence-corrected chi connectivity index (χ3v) is 5.30. The first kappa shape index (κ1) is 17.1. The summed E-state index contributed by atoms with van der Waals surface area (Å²) in [5.41, 5.74) is 3.29. The van der Waals surface area contributed by atoms with E-state index in [4.69, 9.17) is 4.99 Å². The number of pyridine rings is 1. The number of nitrogens with zero attached hydrogens (tertiary/aromatic N) is 3. The van der Waals surface area contributed by atoms with Gasteiger partial charge in [-0.15, -0.1) is 11.3 Å². The van der Waals surface area contributed by atoms with E-state index in [1.54, 1.807) is 23.7 Å². The highest BCUT2D eigenvalue weighted by atomic mass is 79.9. The van der Waals surface area contributed by atoms with E-state index in [0.29, 0.717) is 5.92 Å². The molecule has 3 aromatic rings. The quantitative estimate of drug-likeness (QED) is 0.542. The van der Waals surface area contributed by atoms with Crippen molar-refractivity contribution in [1.29, 1.82) is 0 Å². The Morgan fingerprint density at radius 2 is 2.04 bits per heavy atom. The van der Waals surface area contributed by atoms with Crippen molar-refractivity contribution < 1.29 is 0 Å². The second kappa shape index (κ2) is 7.90. The first-order chi connectivity index (χ1) is 11.6. The Balaban J connectivity index is 2.10. The molecule has 124 valence electrons. The fraction of sp³-hybridized carbons (Fsp3) is 0.263. The van der Waals surface area contributed by atoms with Crippen molar-refractivity contribution in [2.75, 3.05) is 0 Å². The number of benzene rings is 1. The molecule has 3 rings (SSSR count). The van der Waals surface area contributed by atoms with E-state index in [-0.39, 0.29) is 0 Å². The minimum atomic E-state index is 0.649. The van der Waals surface area contributed by atoms with Crippen LogP contribution in [-0.4, -0.2) is 9.55 Å². The van der Waals surface area contributed by atoms with Crippen molar-refractivity contribution in [3.8, 4) is 11.3 Å². The first-order valence-electron chi connectivity index (χ1n) is 8.03. The van der Waals surface area contributed by atoms with Crippen molar-refractivity contribution >= 4 is 33.0 Å². The Morgan fingerprint density at radius 1 is 1.21 bits per heavy atom. The zero-order chi connectivity index (χ0) is 16.9. The molecule has 0 radical (unpaired) electrons. The molecule has 0 spiro atoms. The maximum atomic E-state index is 4.80. The lowest BCUT2D eigenvalue weighted by molar-refractivity contribution is 0.513. The Labute approximate surface area is 154 Å². The van der Waals surface area contributed by atoms with Gasteiger partial charge in [-0.1, -0.05) is 48.0 Å². The van der Waals surface area contributed by atoms with Crippen molar-refractivity contribution in [3.63, 3.8) is 0 Å². The predicted molar refractivity (Wildman–Crippen MR) is 104 cm³/mol. The van der Waals surface area contributed by atoms with E-state index >= 15 is 0 Å². The van der Waals surface area contributed by atoms with E-state index < -0.39 is 0 Å². The molecule has 24 heavy (non-hydrogen) atoms. The number of thiazole rings is 1. The molecule has 0 saturated heterocycles. The molecule has 0 unspecified atom stereocenters. The fourth-order valence-electron chi connectivity index (χ4n) is 2.44. The highest BCUT2D eigenvalue weighted by Gasteiger charge is 2.11.